The second-order valence-corrected chi connectivity index (χ2v) is 9.76. The number of hydrogen-bond donors (Lipinski definition) is 2. The van der Waals surface area contributed by atoms with Gasteiger partial charge in [0.05, 0.1) is 32.8 Å². The van der Waals surface area contributed by atoms with E-state index in [-0.39, 0.29) is 43.4 Å². The smallest absolute Gasteiger partial charge is 0.308 e. The Kier molecular flexibility index (Phi) is 10.8. The number of rotatable bonds is 12. The molecule has 1 saturated heterocycles. The van der Waals surface area contributed by atoms with E-state index in [1.807, 2.05) is 35.2 Å². The van der Waals surface area contributed by atoms with Crippen molar-refractivity contribution in [2.45, 2.75) is 25.5 Å². The zero-order valence-corrected chi connectivity index (χ0v) is 22.9. The number of benzene rings is 3. The normalized spacial score (nSPS) is 14.6. The van der Waals surface area contributed by atoms with E-state index >= 15 is 0 Å². The van der Waals surface area contributed by atoms with Gasteiger partial charge in [0.1, 0.15) is 23.4 Å². The van der Waals surface area contributed by atoms with Crippen molar-refractivity contribution in [3.63, 3.8) is 0 Å². The van der Waals surface area contributed by atoms with Gasteiger partial charge >= 0.3 is 5.97 Å². The molecule has 0 saturated carbocycles. The van der Waals surface area contributed by atoms with Crippen molar-refractivity contribution >= 4 is 23.5 Å². The van der Waals surface area contributed by atoms with Gasteiger partial charge in [-0.1, -0.05) is 30.3 Å². The molecule has 0 bridgehead atoms. The molecule has 0 radical (unpaired) electrons. The van der Waals surface area contributed by atoms with E-state index < -0.39 is 11.9 Å². The second kappa shape index (κ2) is 14.9. The van der Waals surface area contributed by atoms with Crippen molar-refractivity contribution in [2.75, 3.05) is 38.7 Å². The first-order valence-corrected chi connectivity index (χ1v) is 13.4. The number of nitrogens with one attached hydrogen (secondary N) is 2. The maximum absolute atomic E-state index is 13.2. The van der Waals surface area contributed by atoms with Gasteiger partial charge in [0.15, 0.2) is 0 Å². The molecular formula is C31H34FN3O6. The number of hydrogen-bond acceptors (Lipinski definition) is 7. The van der Waals surface area contributed by atoms with Gasteiger partial charge in [0, 0.05) is 5.69 Å². The summed E-state index contributed by atoms with van der Waals surface area (Å²) < 4.78 is 29.4. The molecule has 1 aliphatic heterocycles. The molecule has 2 amide bonds. The Bertz CT molecular complexity index is 1280. The zero-order chi connectivity index (χ0) is 29.0. The van der Waals surface area contributed by atoms with Crippen LogP contribution in [0.3, 0.4) is 0 Å². The second-order valence-electron chi connectivity index (χ2n) is 9.76. The summed E-state index contributed by atoms with van der Waals surface area (Å²) in [7, 11) is 1.38. The van der Waals surface area contributed by atoms with Crippen LogP contribution in [-0.2, 0) is 30.5 Å². The van der Waals surface area contributed by atoms with E-state index in [9.17, 15) is 18.8 Å². The third-order valence-corrected chi connectivity index (χ3v) is 6.71. The molecule has 1 unspecified atom stereocenters. The summed E-state index contributed by atoms with van der Waals surface area (Å²) in [6.45, 7) is 1.53. The SMILES string of the molecule is COC(=O)C1CCN(CC(=O)NC(COCc2ccccc2)C(=O)Nc2ccc(Oc3ccc(F)cc3)cc2)CC1. The number of carbonyl (C=O) groups is 3. The highest BCUT2D eigenvalue weighted by molar-refractivity contribution is 5.97. The number of ether oxygens (including phenoxy) is 3. The Labute approximate surface area is 238 Å². The highest BCUT2D eigenvalue weighted by atomic mass is 19.1. The first-order chi connectivity index (χ1) is 19.9. The van der Waals surface area contributed by atoms with Gasteiger partial charge in [0.2, 0.25) is 11.8 Å². The molecule has 1 aliphatic rings. The largest absolute Gasteiger partial charge is 0.469 e. The van der Waals surface area contributed by atoms with E-state index in [1.165, 1.54) is 31.4 Å². The number of carbonyl (C=O) groups excluding carboxylic acids is 3. The molecule has 0 aliphatic carbocycles. The fraction of sp³-hybridized carbons (Fsp3) is 0.323. The fourth-order valence-electron chi connectivity index (χ4n) is 4.46. The Morgan fingerprint density at radius 3 is 2.20 bits per heavy atom. The highest BCUT2D eigenvalue weighted by Crippen LogP contribution is 2.23. The van der Waals surface area contributed by atoms with Gasteiger partial charge in [-0.2, -0.15) is 0 Å². The van der Waals surface area contributed by atoms with Crippen LogP contribution in [-0.4, -0.2) is 62.1 Å². The molecule has 9 nitrogen and oxygen atoms in total. The number of piperidine rings is 1. The van der Waals surface area contributed by atoms with E-state index in [4.69, 9.17) is 14.2 Å². The molecule has 0 spiro atoms. The minimum absolute atomic E-state index is 0.0252. The topological polar surface area (TPSA) is 106 Å². The average Bonchev–Trinajstić information content (AvgIpc) is 2.99. The predicted molar refractivity (Wildman–Crippen MR) is 151 cm³/mol. The van der Waals surface area contributed by atoms with Gasteiger partial charge in [-0.15, -0.1) is 0 Å². The standard InChI is InChI=1S/C31H34FN3O6/c1-39-31(38)23-15-17-35(18-16-23)19-29(36)34-28(21-40-20-22-5-3-2-4-6-22)30(37)33-25-9-13-27(14-10-25)41-26-11-7-24(32)8-12-26/h2-14,23,28H,15-21H2,1H3,(H,33,37)(H,34,36). The van der Waals surface area contributed by atoms with E-state index in [0.29, 0.717) is 43.1 Å². The fourth-order valence-corrected chi connectivity index (χ4v) is 4.46. The van der Waals surface area contributed by atoms with Crippen LogP contribution in [0.2, 0.25) is 0 Å². The molecular weight excluding hydrogens is 529 g/mol. The van der Waals surface area contributed by atoms with Crippen molar-refractivity contribution in [1.29, 1.82) is 0 Å². The van der Waals surface area contributed by atoms with Crippen LogP contribution in [0.5, 0.6) is 11.5 Å². The van der Waals surface area contributed by atoms with Gasteiger partial charge in [-0.05, 0) is 80.0 Å². The molecule has 10 heteroatoms. The predicted octanol–water partition coefficient (Wildman–Crippen LogP) is 4.14. The first kappa shape index (κ1) is 29.7. The summed E-state index contributed by atoms with van der Waals surface area (Å²) in [5, 5.41) is 5.62. The van der Waals surface area contributed by atoms with Crippen LogP contribution in [0, 0.1) is 11.7 Å². The average molecular weight is 564 g/mol. The molecule has 0 aromatic heterocycles. The van der Waals surface area contributed by atoms with Crippen molar-refractivity contribution in [2.24, 2.45) is 5.92 Å². The lowest BCUT2D eigenvalue weighted by Crippen LogP contribution is -2.50. The molecule has 3 aromatic rings. The summed E-state index contributed by atoms with van der Waals surface area (Å²) >= 11 is 0. The molecule has 1 atom stereocenters. The number of amides is 2. The Morgan fingerprint density at radius 2 is 1.56 bits per heavy atom. The highest BCUT2D eigenvalue weighted by Gasteiger charge is 2.28. The number of halogens is 1. The third-order valence-electron chi connectivity index (χ3n) is 6.71. The van der Waals surface area contributed by atoms with Crippen LogP contribution in [0.15, 0.2) is 78.9 Å². The monoisotopic (exact) mass is 563 g/mol. The van der Waals surface area contributed by atoms with Gasteiger partial charge in [-0.3, -0.25) is 19.3 Å². The summed E-state index contributed by atoms with van der Waals surface area (Å²) in [5.41, 5.74) is 1.46. The van der Waals surface area contributed by atoms with Crippen molar-refractivity contribution < 1.29 is 33.0 Å². The van der Waals surface area contributed by atoms with Crippen LogP contribution in [0.25, 0.3) is 0 Å². The zero-order valence-electron chi connectivity index (χ0n) is 22.9. The number of likely N-dealkylation sites (tertiary alicyclic amines) is 1. The van der Waals surface area contributed by atoms with Crippen LogP contribution >= 0.6 is 0 Å². The van der Waals surface area contributed by atoms with Gasteiger partial charge < -0.3 is 24.8 Å². The summed E-state index contributed by atoms with van der Waals surface area (Å²) in [5.74, 6) is -0.477. The third kappa shape index (κ3) is 9.40. The quantitative estimate of drug-likeness (QED) is 0.319. The maximum Gasteiger partial charge on any atom is 0.308 e. The Hall–Kier alpha value is -4.28. The van der Waals surface area contributed by atoms with Crippen LogP contribution < -0.4 is 15.4 Å². The maximum atomic E-state index is 13.2. The van der Waals surface area contributed by atoms with Crippen molar-refractivity contribution in [3.8, 4) is 11.5 Å². The molecule has 1 fully saturated rings. The van der Waals surface area contributed by atoms with Crippen molar-refractivity contribution in [3.05, 3.63) is 90.2 Å². The van der Waals surface area contributed by atoms with E-state index in [2.05, 4.69) is 10.6 Å². The molecule has 3 aromatic carbocycles. The van der Waals surface area contributed by atoms with Crippen molar-refractivity contribution in [1.82, 2.24) is 10.2 Å². The number of nitrogens with zero attached hydrogens (tertiary/aromatic N) is 1. The first-order valence-electron chi connectivity index (χ1n) is 13.4. The molecule has 2 N–H and O–H groups in total. The van der Waals surface area contributed by atoms with Gasteiger partial charge in [0.25, 0.3) is 0 Å². The lowest BCUT2D eigenvalue weighted by atomic mass is 9.97. The van der Waals surface area contributed by atoms with E-state index in [1.54, 1.807) is 24.3 Å². The molecule has 216 valence electrons. The number of anilines is 1. The molecule has 41 heavy (non-hydrogen) atoms. The molecule has 4 rings (SSSR count). The lowest BCUT2D eigenvalue weighted by molar-refractivity contribution is -0.147. The van der Waals surface area contributed by atoms with Gasteiger partial charge in [-0.25, -0.2) is 4.39 Å². The summed E-state index contributed by atoms with van der Waals surface area (Å²) in [6, 6.07) is 21.0. The minimum Gasteiger partial charge on any atom is -0.469 e. The Morgan fingerprint density at radius 1 is 0.927 bits per heavy atom. The number of esters is 1. The van der Waals surface area contributed by atoms with Crippen LogP contribution in [0.4, 0.5) is 10.1 Å². The lowest BCUT2D eigenvalue weighted by Gasteiger charge is -2.30. The van der Waals surface area contributed by atoms with Crippen LogP contribution in [0.1, 0.15) is 18.4 Å². The number of methoxy groups -OCH3 is 1. The Balaban J connectivity index is 1.33. The molecule has 1 heterocycles. The summed E-state index contributed by atoms with van der Waals surface area (Å²) in [4.78, 5) is 39.8. The van der Waals surface area contributed by atoms with E-state index in [0.717, 1.165) is 5.56 Å². The minimum atomic E-state index is -0.936. The summed E-state index contributed by atoms with van der Waals surface area (Å²) in [6.07, 6.45) is 1.23.